The number of aryl methyl sites for hydroxylation is 1. The molecule has 1 rings (SSSR count). The zero-order valence-corrected chi connectivity index (χ0v) is 6.97. The summed E-state index contributed by atoms with van der Waals surface area (Å²) in [5.41, 5.74) is 0. The lowest BCUT2D eigenvalue weighted by Crippen LogP contribution is -2.02. The van der Waals surface area contributed by atoms with Crippen LogP contribution in [0.4, 0.5) is 13.2 Å². The van der Waals surface area contributed by atoms with Crippen molar-refractivity contribution in [3.63, 3.8) is 0 Å². The van der Waals surface area contributed by atoms with Gasteiger partial charge in [-0.2, -0.15) is 13.2 Å². The predicted molar refractivity (Wildman–Crippen MR) is 39.7 cm³/mol. The van der Waals surface area contributed by atoms with E-state index >= 15 is 0 Å². The summed E-state index contributed by atoms with van der Waals surface area (Å²) >= 11 is 0. The third-order valence-electron chi connectivity index (χ3n) is 1.53. The highest BCUT2D eigenvalue weighted by molar-refractivity contribution is 5.66. The average Bonchev–Trinajstić information content (AvgIpc) is 2.47. The van der Waals surface area contributed by atoms with E-state index in [-0.39, 0.29) is 18.6 Å². The van der Waals surface area contributed by atoms with Crippen LogP contribution in [-0.2, 0) is 17.4 Å². The van der Waals surface area contributed by atoms with Crippen molar-refractivity contribution in [1.82, 2.24) is 0 Å². The summed E-state index contributed by atoms with van der Waals surface area (Å²) in [6.07, 6.45) is -4.79. The van der Waals surface area contributed by atoms with E-state index in [4.69, 9.17) is 5.11 Å². The lowest BCUT2D eigenvalue weighted by molar-refractivity contribution is -0.153. The summed E-state index contributed by atoms with van der Waals surface area (Å²) in [4.78, 5) is 10.1. The van der Waals surface area contributed by atoms with Crippen molar-refractivity contribution in [2.75, 3.05) is 0 Å². The number of rotatable bonds is 3. The Morgan fingerprint density at radius 2 is 2.07 bits per heavy atom. The Labute approximate surface area is 77.1 Å². The molecule has 6 heteroatoms. The van der Waals surface area contributed by atoms with Gasteiger partial charge < -0.3 is 9.52 Å². The van der Waals surface area contributed by atoms with Crippen molar-refractivity contribution in [2.24, 2.45) is 0 Å². The molecule has 1 aromatic rings. The Balaban J connectivity index is 2.64. The van der Waals surface area contributed by atoms with Crippen LogP contribution in [0.1, 0.15) is 17.9 Å². The first kappa shape index (κ1) is 10.6. The summed E-state index contributed by atoms with van der Waals surface area (Å²) in [6.45, 7) is 0. The Hall–Kier alpha value is -1.46. The summed E-state index contributed by atoms with van der Waals surface area (Å²) in [5, 5.41) is 8.28. The molecule has 0 aliphatic rings. The van der Waals surface area contributed by atoms with Crippen molar-refractivity contribution in [3.05, 3.63) is 23.7 Å². The summed E-state index contributed by atoms with van der Waals surface area (Å²) < 4.78 is 40.4. The highest BCUT2D eigenvalue weighted by Crippen LogP contribution is 2.30. The Morgan fingerprint density at radius 1 is 1.43 bits per heavy atom. The molecule has 0 amide bonds. The molecule has 0 aliphatic carbocycles. The van der Waals surface area contributed by atoms with E-state index < -0.39 is 17.9 Å². The van der Waals surface area contributed by atoms with E-state index in [2.05, 4.69) is 4.42 Å². The minimum absolute atomic E-state index is 0.0275. The zero-order chi connectivity index (χ0) is 10.8. The average molecular weight is 208 g/mol. The predicted octanol–water partition coefficient (Wildman–Crippen LogP) is 2.32. The molecule has 3 nitrogen and oxygen atoms in total. The number of furan rings is 1. The minimum Gasteiger partial charge on any atom is -0.481 e. The van der Waals surface area contributed by atoms with Crippen molar-refractivity contribution < 1.29 is 27.5 Å². The fourth-order valence-electron chi connectivity index (χ4n) is 0.895. The van der Waals surface area contributed by atoms with E-state index in [1.807, 2.05) is 0 Å². The van der Waals surface area contributed by atoms with Crippen LogP contribution in [0.25, 0.3) is 0 Å². The number of carboxylic acids is 1. The van der Waals surface area contributed by atoms with E-state index in [9.17, 15) is 18.0 Å². The van der Waals surface area contributed by atoms with Crippen LogP contribution in [0, 0.1) is 0 Å². The summed E-state index contributed by atoms with van der Waals surface area (Å²) in [5.74, 6) is -2.15. The number of carbonyl (C=O) groups is 1. The van der Waals surface area contributed by atoms with Crippen LogP contribution in [0.5, 0.6) is 0 Å². The van der Waals surface area contributed by atoms with Gasteiger partial charge in [-0.25, -0.2) is 0 Å². The molecule has 14 heavy (non-hydrogen) atoms. The number of halogens is 3. The molecule has 0 unspecified atom stereocenters. The summed E-state index contributed by atoms with van der Waals surface area (Å²) in [7, 11) is 0. The highest BCUT2D eigenvalue weighted by Gasteiger charge is 2.34. The number of alkyl halides is 3. The quantitative estimate of drug-likeness (QED) is 0.829. The maximum atomic E-state index is 12.0. The van der Waals surface area contributed by atoms with Crippen LogP contribution in [0.15, 0.2) is 16.5 Å². The molecule has 0 spiro atoms. The van der Waals surface area contributed by atoms with Gasteiger partial charge in [-0.3, -0.25) is 4.79 Å². The molecule has 1 N–H and O–H groups in total. The normalized spacial score (nSPS) is 11.6. The molecule has 0 aliphatic heterocycles. The molecule has 0 bridgehead atoms. The number of hydrogen-bond acceptors (Lipinski definition) is 2. The Kier molecular flexibility index (Phi) is 2.83. The lowest BCUT2D eigenvalue weighted by Gasteiger charge is -2.00. The van der Waals surface area contributed by atoms with Crippen LogP contribution in [-0.4, -0.2) is 11.1 Å². The first-order chi connectivity index (χ1) is 6.39. The SMILES string of the molecule is O=C(O)CCc1ccc(C(F)(F)F)o1. The van der Waals surface area contributed by atoms with E-state index in [1.54, 1.807) is 0 Å². The van der Waals surface area contributed by atoms with Crippen molar-refractivity contribution >= 4 is 5.97 Å². The van der Waals surface area contributed by atoms with Crippen LogP contribution < -0.4 is 0 Å². The topological polar surface area (TPSA) is 50.4 Å². The van der Waals surface area contributed by atoms with E-state index in [1.165, 1.54) is 0 Å². The fraction of sp³-hybridized carbons (Fsp3) is 0.375. The molecule has 0 saturated carbocycles. The molecule has 0 saturated heterocycles. The van der Waals surface area contributed by atoms with E-state index in [0.717, 1.165) is 12.1 Å². The molecule has 0 aromatic carbocycles. The van der Waals surface area contributed by atoms with Gasteiger partial charge in [0.1, 0.15) is 5.76 Å². The fourth-order valence-corrected chi connectivity index (χ4v) is 0.895. The van der Waals surface area contributed by atoms with Crippen LogP contribution in [0.3, 0.4) is 0 Å². The highest BCUT2D eigenvalue weighted by atomic mass is 19.4. The molecular formula is C8H7F3O3. The first-order valence-corrected chi connectivity index (χ1v) is 3.77. The maximum Gasteiger partial charge on any atom is 0.449 e. The third-order valence-corrected chi connectivity index (χ3v) is 1.53. The van der Waals surface area contributed by atoms with Gasteiger partial charge in [-0.15, -0.1) is 0 Å². The van der Waals surface area contributed by atoms with E-state index in [0.29, 0.717) is 0 Å². The minimum atomic E-state index is -4.51. The first-order valence-electron chi connectivity index (χ1n) is 3.77. The standard InChI is InChI=1S/C8H7F3O3/c9-8(10,11)6-3-1-5(14-6)2-4-7(12)13/h1,3H,2,4H2,(H,12,13). The molecule has 1 aromatic heterocycles. The molecule has 0 atom stereocenters. The second-order valence-electron chi connectivity index (χ2n) is 2.66. The van der Waals surface area contributed by atoms with Gasteiger partial charge in [0, 0.05) is 6.42 Å². The number of carboxylic acid groups (broad SMARTS) is 1. The molecule has 0 fully saturated rings. The molecule has 1 heterocycles. The molecule has 78 valence electrons. The Bertz CT molecular complexity index is 327. The molecule has 0 radical (unpaired) electrons. The lowest BCUT2D eigenvalue weighted by atomic mass is 10.2. The monoisotopic (exact) mass is 208 g/mol. The summed E-state index contributed by atoms with van der Waals surface area (Å²) in [6, 6.07) is 1.92. The van der Waals surface area contributed by atoms with Gasteiger partial charge in [-0.1, -0.05) is 0 Å². The van der Waals surface area contributed by atoms with Gasteiger partial charge in [0.2, 0.25) is 5.76 Å². The second kappa shape index (κ2) is 3.73. The zero-order valence-electron chi connectivity index (χ0n) is 6.97. The number of aliphatic carboxylic acids is 1. The number of hydrogen-bond donors (Lipinski definition) is 1. The van der Waals surface area contributed by atoms with Gasteiger partial charge in [-0.05, 0) is 12.1 Å². The van der Waals surface area contributed by atoms with Gasteiger partial charge in [0.15, 0.2) is 0 Å². The largest absolute Gasteiger partial charge is 0.481 e. The van der Waals surface area contributed by atoms with Crippen molar-refractivity contribution in [1.29, 1.82) is 0 Å². The van der Waals surface area contributed by atoms with Crippen molar-refractivity contribution in [3.8, 4) is 0 Å². The third kappa shape index (κ3) is 2.79. The van der Waals surface area contributed by atoms with Gasteiger partial charge in [0.25, 0.3) is 0 Å². The Morgan fingerprint density at radius 3 is 2.50 bits per heavy atom. The second-order valence-corrected chi connectivity index (χ2v) is 2.66. The van der Waals surface area contributed by atoms with Crippen LogP contribution >= 0.6 is 0 Å². The maximum absolute atomic E-state index is 12.0. The van der Waals surface area contributed by atoms with Crippen molar-refractivity contribution in [2.45, 2.75) is 19.0 Å². The van der Waals surface area contributed by atoms with Gasteiger partial charge in [0.05, 0.1) is 6.42 Å². The molecular weight excluding hydrogens is 201 g/mol. The smallest absolute Gasteiger partial charge is 0.449 e. The van der Waals surface area contributed by atoms with Crippen LogP contribution in [0.2, 0.25) is 0 Å². The van der Waals surface area contributed by atoms with Gasteiger partial charge >= 0.3 is 12.1 Å².